The molecular formula is C10H7Cl2N3. The van der Waals surface area contributed by atoms with Gasteiger partial charge in [0.05, 0.1) is 5.56 Å². The summed E-state index contributed by atoms with van der Waals surface area (Å²) in [6.07, 6.45) is 0. The lowest BCUT2D eigenvalue weighted by Crippen LogP contribution is -1.97. The third kappa shape index (κ3) is 2.03. The molecule has 0 saturated carbocycles. The molecule has 2 aromatic rings. The maximum absolute atomic E-state index is 5.95. The van der Waals surface area contributed by atoms with Crippen molar-refractivity contribution < 1.29 is 0 Å². The lowest BCUT2D eigenvalue weighted by Gasteiger charge is -2.05. The first-order valence-corrected chi connectivity index (χ1v) is 4.98. The molecule has 0 aliphatic rings. The molecule has 0 unspecified atom stereocenters. The number of aromatic nitrogens is 2. The molecule has 3 nitrogen and oxygen atoms in total. The Morgan fingerprint density at radius 3 is 2.00 bits per heavy atom. The highest BCUT2D eigenvalue weighted by Gasteiger charge is 2.11. The minimum Gasteiger partial charge on any atom is -0.368 e. The second-order valence-electron chi connectivity index (χ2n) is 2.90. The summed E-state index contributed by atoms with van der Waals surface area (Å²) in [6, 6.07) is 9.44. The number of anilines is 1. The standard InChI is InChI=1S/C10H7Cl2N3/c11-8-7(6-4-2-1-3-5-6)9(12)15-10(13)14-8/h1-5H,(H2,13,14,15). The molecule has 0 radical (unpaired) electrons. The molecule has 5 heteroatoms. The molecule has 1 heterocycles. The van der Waals surface area contributed by atoms with Crippen LogP contribution in [0.4, 0.5) is 5.95 Å². The second kappa shape index (κ2) is 4.04. The minimum atomic E-state index is 0.0738. The Morgan fingerprint density at radius 2 is 1.47 bits per heavy atom. The zero-order valence-corrected chi connectivity index (χ0v) is 9.13. The van der Waals surface area contributed by atoms with E-state index < -0.39 is 0 Å². The van der Waals surface area contributed by atoms with Crippen LogP contribution in [0.3, 0.4) is 0 Å². The van der Waals surface area contributed by atoms with Crippen molar-refractivity contribution in [3.63, 3.8) is 0 Å². The van der Waals surface area contributed by atoms with Crippen LogP contribution in [0.5, 0.6) is 0 Å². The molecule has 2 rings (SSSR count). The number of rotatable bonds is 1. The van der Waals surface area contributed by atoms with Gasteiger partial charge in [-0.1, -0.05) is 53.5 Å². The van der Waals surface area contributed by atoms with Crippen LogP contribution >= 0.6 is 23.2 Å². The lowest BCUT2D eigenvalue weighted by molar-refractivity contribution is 1.19. The largest absolute Gasteiger partial charge is 0.368 e. The Kier molecular flexibility index (Phi) is 2.75. The molecule has 0 bridgehead atoms. The summed E-state index contributed by atoms with van der Waals surface area (Å²) < 4.78 is 0. The quantitative estimate of drug-likeness (QED) is 0.779. The number of nitrogens with zero attached hydrogens (tertiary/aromatic N) is 2. The van der Waals surface area contributed by atoms with Crippen molar-refractivity contribution in [2.24, 2.45) is 0 Å². The van der Waals surface area contributed by atoms with Crippen molar-refractivity contribution in [3.05, 3.63) is 40.6 Å². The van der Waals surface area contributed by atoms with Crippen LogP contribution in [0.1, 0.15) is 0 Å². The fraction of sp³-hybridized carbons (Fsp3) is 0. The van der Waals surface area contributed by atoms with Gasteiger partial charge in [-0.25, -0.2) is 9.97 Å². The first-order chi connectivity index (χ1) is 7.18. The van der Waals surface area contributed by atoms with Gasteiger partial charge in [-0.05, 0) is 5.56 Å². The number of hydrogen-bond donors (Lipinski definition) is 1. The molecule has 76 valence electrons. The van der Waals surface area contributed by atoms with E-state index in [0.29, 0.717) is 5.56 Å². The van der Waals surface area contributed by atoms with Crippen molar-refractivity contribution in [1.82, 2.24) is 9.97 Å². The lowest BCUT2D eigenvalue weighted by atomic mass is 10.1. The average molecular weight is 240 g/mol. The smallest absolute Gasteiger partial charge is 0.222 e. The van der Waals surface area contributed by atoms with Gasteiger partial charge in [-0.2, -0.15) is 0 Å². The molecule has 1 aromatic heterocycles. The van der Waals surface area contributed by atoms with Crippen LogP contribution in [-0.4, -0.2) is 9.97 Å². The van der Waals surface area contributed by atoms with E-state index in [1.165, 1.54) is 0 Å². The maximum atomic E-state index is 5.95. The van der Waals surface area contributed by atoms with E-state index in [-0.39, 0.29) is 16.3 Å². The Labute approximate surface area is 96.9 Å². The minimum absolute atomic E-state index is 0.0738. The normalized spacial score (nSPS) is 10.3. The number of hydrogen-bond acceptors (Lipinski definition) is 3. The Morgan fingerprint density at radius 1 is 0.933 bits per heavy atom. The van der Waals surface area contributed by atoms with Crippen molar-refractivity contribution >= 4 is 29.2 Å². The number of benzene rings is 1. The van der Waals surface area contributed by atoms with Crippen LogP contribution in [0.15, 0.2) is 30.3 Å². The Bertz CT molecular complexity index is 462. The molecule has 2 N–H and O–H groups in total. The van der Waals surface area contributed by atoms with Crippen LogP contribution in [-0.2, 0) is 0 Å². The van der Waals surface area contributed by atoms with Gasteiger partial charge in [-0.15, -0.1) is 0 Å². The molecule has 1 aromatic carbocycles. The zero-order valence-electron chi connectivity index (χ0n) is 7.61. The number of nitrogens with two attached hydrogens (primary N) is 1. The van der Waals surface area contributed by atoms with Gasteiger partial charge in [0.1, 0.15) is 10.3 Å². The van der Waals surface area contributed by atoms with Gasteiger partial charge in [0, 0.05) is 0 Å². The van der Waals surface area contributed by atoms with E-state index in [1.54, 1.807) is 0 Å². The van der Waals surface area contributed by atoms with E-state index in [0.717, 1.165) is 5.56 Å². The highest BCUT2D eigenvalue weighted by atomic mass is 35.5. The van der Waals surface area contributed by atoms with E-state index in [2.05, 4.69) is 9.97 Å². The summed E-state index contributed by atoms with van der Waals surface area (Å²) in [7, 11) is 0. The fourth-order valence-electron chi connectivity index (χ4n) is 1.27. The predicted octanol–water partition coefficient (Wildman–Crippen LogP) is 3.03. The summed E-state index contributed by atoms with van der Waals surface area (Å²) in [6.45, 7) is 0. The van der Waals surface area contributed by atoms with Gasteiger partial charge in [0.25, 0.3) is 0 Å². The summed E-state index contributed by atoms with van der Waals surface area (Å²) in [5, 5.41) is 0.525. The SMILES string of the molecule is Nc1nc(Cl)c(-c2ccccc2)c(Cl)n1. The first-order valence-electron chi connectivity index (χ1n) is 4.22. The van der Waals surface area contributed by atoms with Crippen molar-refractivity contribution in [2.45, 2.75) is 0 Å². The maximum Gasteiger partial charge on any atom is 0.222 e. The van der Waals surface area contributed by atoms with Crippen LogP contribution < -0.4 is 5.73 Å². The number of nitrogen functional groups attached to an aromatic ring is 1. The molecule has 15 heavy (non-hydrogen) atoms. The molecule has 0 aliphatic carbocycles. The summed E-state index contributed by atoms with van der Waals surface area (Å²) in [4.78, 5) is 7.72. The molecule has 0 aliphatic heterocycles. The van der Waals surface area contributed by atoms with Gasteiger partial charge < -0.3 is 5.73 Å². The topological polar surface area (TPSA) is 51.8 Å². The summed E-state index contributed by atoms with van der Waals surface area (Å²) in [5.74, 6) is 0.0738. The van der Waals surface area contributed by atoms with Gasteiger partial charge in [-0.3, -0.25) is 0 Å². The third-order valence-electron chi connectivity index (χ3n) is 1.90. The van der Waals surface area contributed by atoms with Crippen molar-refractivity contribution in [2.75, 3.05) is 5.73 Å². The molecule has 0 spiro atoms. The van der Waals surface area contributed by atoms with E-state index in [9.17, 15) is 0 Å². The van der Waals surface area contributed by atoms with E-state index >= 15 is 0 Å². The summed E-state index contributed by atoms with van der Waals surface area (Å²) >= 11 is 11.9. The average Bonchev–Trinajstić information content (AvgIpc) is 2.17. The Hall–Kier alpha value is -1.32. The summed E-state index contributed by atoms with van der Waals surface area (Å²) in [5.41, 5.74) is 6.89. The highest BCUT2D eigenvalue weighted by molar-refractivity contribution is 6.37. The first kappa shape index (κ1) is 10.2. The van der Waals surface area contributed by atoms with Gasteiger partial charge in [0.2, 0.25) is 5.95 Å². The molecule has 0 atom stereocenters. The van der Waals surface area contributed by atoms with Gasteiger partial charge in [0.15, 0.2) is 0 Å². The zero-order chi connectivity index (χ0) is 10.8. The van der Waals surface area contributed by atoms with Crippen LogP contribution in [0, 0.1) is 0 Å². The second-order valence-corrected chi connectivity index (χ2v) is 3.62. The van der Waals surface area contributed by atoms with E-state index in [4.69, 9.17) is 28.9 Å². The van der Waals surface area contributed by atoms with Crippen molar-refractivity contribution in [3.8, 4) is 11.1 Å². The molecule has 0 amide bonds. The van der Waals surface area contributed by atoms with Crippen LogP contribution in [0.25, 0.3) is 11.1 Å². The molecular weight excluding hydrogens is 233 g/mol. The van der Waals surface area contributed by atoms with E-state index in [1.807, 2.05) is 30.3 Å². The third-order valence-corrected chi connectivity index (χ3v) is 2.45. The van der Waals surface area contributed by atoms with Crippen molar-refractivity contribution in [1.29, 1.82) is 0 Å². The van der Waals surface area contributed by atoms with Crippen LogP contribution in [0.2, 0.25) is 10.3 Å². The Balaban J connectivity index is 2.64. The van der Waals surface area contributed by atoms with Gasteiger partial charge >= 0.3 is 0 Å². The molecule has 0 saturated heterocycles. The highest BCUT2D eigenvalue weighted by Crippen LogP contribution is 2.32. The fourth-order valence-corrected chi connectivity index (χ4v) is 1.88. The predicted molar refractivity (Wildman–Crippen MR) is 61.9 cm³/mol. The monoisotopic (exact) mass is 239 g/mol. The molecule has 0 fully saturated rings. The number of halogens is 2.